The van der Waals surface area contributed by atoms with E-state index in [1.165, 1.54) is 39.0 Å². The summed E-state index contributed by atoms with van der Waals surface area (Å²) in [6.07, 6.45) is 1.01. The van der Waals surface area contributed by atoms with E-state index in [1.807, 2.05) is 0 Å². The average Bonchev–Trinajstić information content (AvgIpc) is 2.58. The number of benzene rings is 3. The lowest BCUT2D eigenvalue weighted by molar-refractivity contribution is 0.790. The molecule has 0 nitrogen and oxygen atoms in total. The first kappa shape index (κ1) is 14.0. The van der Waals surface area contributed by atoms with Crippen LogP contribution in [0.3, 0.4) is 0 Å². The molecule has 3 aromatic carbocycles. The molecule has 0 bridgehead atoms. The predicted molar refractivity (Wildman–Crippen MR) is 98.6 cm³/mol. The molecule has 3 aromatic rings. The van der Waals surface area contributed by atoms with Crippen molar-refractivity contribution < 1.29 is 0 Å². The van der Waals surface area contributed by atoms with E-state index < -0.39 is 0 Å². The van der Waals surface area contributed by atoms with E-state index in [0.29, 0.717) is 5.92 Å². The van der Waals surface area contributed by atoms with E-state index in [9.17, 15) is 0 Å². The van der Waals surface area contributed by atoms with Gasteiger partial charge in [0.2, 0.25) is 0 Å². The Morgan fingerprint density at radius 3 is 1.96 bits per heavy atom. The highest BCUT2D eigenvalue weighted by atomic mass is 14.3. The molecule has 0 N–H and O–H groups in total. The number of fused-ring (bicyclic) bond motifs is 5. The van der Waals surface area contributed by atoms with Gasteiger partial charge in [0.05, 0.1) is 0 Å². The van der Waals surface area contributed by atoms with Crippen molar-refractivity contribution in [1.29, 1.82) is 0 Å². The number of rotatable bonds is 1. The zero-order valence-corrected chi connectivity index (χ0v) is 13.4. The van der Waals surface area contributed by atoms with Crippen LogP contribution >= 0.6 is 0 Å². The molecule has 0 fully saturated rings. The normalized spacial score (nSPS) is 15.6. The Hall–Kier alpha value is -2.60. The van der Waals surface area contributed by atoms with Gasteiger partial charge in [0, 0.05) is 5.92 Å². The van der Waals surface area contributed by atoms with Crippen LogP contribution < -0.4 is 0 Å². The average molecular weight is 296 g/mol. The summed E-state index contributed by atoms with van der Waals surface area (Å²) in [4.78, 5) is 0. The Bertz CT molecular complexity index is 886. The van der Waals surface area contributed by atoms with Crippen LogP contribution in [0.5, 0.6) is 0 Å². The number of allylic oxidation sites excluding steroid dienone is 1. The van der Waals surface area contributed by atoms with Crippen LogP contribution in [0.4, 0.5) is 0 Å². The minimum atomic E-state index is 0.362. The largest absolute Gasteiger partial charge is 0.0995 e. The van der Waals surface area contributed by atoms with Crippen LogP contribution in [0.2, 0.25) is 0 Å². The Kier molecular flexibility index (Phi) is 3.38. The van der Waals surface area contributed by atoms with E-state index in [1.54, 1.807) is 0 Å². The van der Waals surface area contributed by atoms with Crippen LogP contribution in [-0.2, 0) is 6.42 Å². The van der Waals surface area contributed by atoms with Gasteiger partial charge in [-0.05, 0) is 46.7 Å². The van der Waals surface area contributed by atoms with Gasteiger partial charge in [0.1, 0.15) is 0 Å². The Morgan fingerprint density at radius 1 is 0.739 bits per heavy atom. The van der Waals surface area contributed by atoms with Gasteiger partial charge in [-0.1, -0.05) is 84.9 Å². The molecule has 1 unspecified atom stereocenters. The SMILES string of the molecule is C=C(C)C1Cc2ccccc2-c2ccccc2-c2ccccc21. The third-order valence-electron chi connectivity index (χ3n) is 4.88. The summed E-state index contributed by atoms with van der Waals surface area (Å²) < 4.78 is 0. The van der Waals surface area contributed by atoms with E-state index in [0.717, 1.165) is 6.42 Å². The summed E-state index contributed by atoms with van der Waals surface area (Å²) in [5.74, 6) is 0.362. The van der Waals surface area contributed by atoms with Gasteiger partial charge in [-0.15, -0.1) is 0 Å². The summed E-state index contributed by atoms with van der Waals surface area (Å²) >= 11 is 0. The zero-order valence-electron chi connectivity index (χ0n) is 13.4. The molecule has 0 aliphatic heterocycles. The van der Waals surface area contributed by atoms with Crippen molar-refractivity contribution >= 4 is 0 Å². The van der Waals surface area contributed by atoms with Gasteiger partial charge in [-0.25, -0.2) is 0 Å². The van der Waals surface area contributed by atoms with Crippen molar-refractivity contribution in [1.82, 2.24) is 0 Å². The molecule has 0 heterocycles. The highest BCUT2D eigenvalue weighted by Crippen LogP contribution is 2.43. The smallest absolute Gasteiger partial charge is 0.00894 e. The molecule has 0 saturated heterocycles. The maximum absolute atomic E-state index is 4.28. The summed E-state index contributed by atoms with van der Waals surface area (Å²) in [6, 6.07) is 26.3. The van der Waals surface area contributed by atoms with E-state index in [4.69, 9.17) is 0 Å². The van der Waals surface area contributed by atoms with Gasteiger partial charge in [-0.2, -0.15) is 0 Å². The van der Waals surface area contributed by atoms with Crippen molar-refractivity contribution in [3.05, 3.63) is 96.1 Å². The summed E-state index contributed by atoms with van der Waals surface area (Å²) in [5.41, 5.74) is 9.36. The molecule has 0 amide bonds. The highest BCUT2D eigenvalue weighted by Gasteiger charge is 2.23. The molecular weight excluding hydrogens is 276 g/mol. The molecule has 0 saturated carbocycles. The maximum atomic E-state index is 4.28. The lowest BCUT2D eigenvalue weighted by Crippen LogP contribution is -2.09. The Morgan fingerprint density at radius 2 is 1.26 bits per heavy atom. The number of hydrogen-bond donors (Lipinski definition) is 0. The molecule has 0 heteroatoms. The third-order valence-corrected chi connectivity index (χ3v) is 4.88. The van der Waals surface area contributed by atoms with Crippen molar-refractivity contribution in [2.75, 3.05) is 0 Å². The first-order chi connectivity index (χ1) is 11.3. The van der Waals surface area contributed by atoms with Crippen LogP contribution in [0.25, 0.3) is 22.3 Å². The highest BCUT2D eigenvalue weighted by molar-refractivity contribution is 5.87. The zero-order chi connectivity index (χ0) is 15.8. The molecule has 1 aliphatic carbocycles. The predicted octanol–water partition coefficient (Wildman–Crippen LogP) is 6.24. The fourth-order valence-corrected chi connectivity index (χ4v) is 3.73. The van der Waals surface area contributed by atoms with Crippen molar-refractivity contribution in [3.63, 3.8) is 0 Å². The van der Waals surface area contributed by atoms with E-state index in [2.05, 4.69) is 86.3 Å². The molecule has 4 rings (SSSR count). The first-order valence-electron chi connectivity index (χ1n) is 8.17. The minimum absolute atomic E-state index is 0.362. The summed E-state index contributed by atoms with van der Waals surface area (Å²) in [5, 5.41) is 0. The van der Waals surface area contributed by atoms with Crippen LogP contribution in [0.1, 0.15) is 24.0 Å². The lowest BCUT2D eigenvalue weighted by atomic mass is 9.77. The molecule has 0 radical (unpaired) electrons. The van der Waals surface area contributed by atoms with Crippen molar-refractivity contribution in [2.24, 2.45) is 0 Å². The third kappa shape index (κ3) is 2.31. The quantitative estimate of drug-likeness (QED) is 0.466. The molecule has 23 heavy (non-hydrogen) atoms. The Labute approximate surface area is 138 Å². The van der Waals surface area contributed by atoms with Gasteiger partial charge in [0.15, 0.2) is 0 Å². The van der Waals surface area contributed by atoms with Crippen LogP contribution in [0.15, 0.2) is 84.9 Å². The molecule has 1 aliphatic rings. The molecule has 112 valence electrons. The second-order valence-corrected chi connectivity index (χ2v) is 6.39. The molecule has 1 atom stereocenters. The van der Waals surface area contributed by atoms with E-state index >= 15 is 0 Å². The molecular formula is C23H20. The lowest BCUT2D eigenvalue weighted by Gasteiger charge is -2.27. The molecule has 0 aromatic heterocycles. The summed E-state index contributed by atoms with van der Waals surface area (Å²) in [7, 11) is 0. The monoisotopic (exact) mass is 296 g/mol. The van der Waals surface area contributed by atoms with Gasteiger partial charge < -0.3 is 0 Å². The van der Waals surface area contributed by atoms with Crippen LogP contribution in [0, 0.1) is 0 Å². The van der Waals surface area contributed by atoms with Crippen LogP contribution in [-0.4, -0.2) is 0 Å². The summed E-state index contributed by atoms with van der Waals surface area (Å²) in [6.45, 7) is 6.43. The second-order valence-electron chi connectivity index (χ2n) is 6.39. The first-order valence-corrected chi connectivity index (χ1v) is 8.17. The fraction of sp³-hybridized carbons (Fsp3) is 0.130. The van der Waals surface area contributed by atoms with Crippen molar-refractivity contribution in [3.8, 4) is 22.3 Å². The van der Waals surface area contributed by atoms with Crippen molar-refractivity contribution in [2.45, 2.75) is 19.3 Å². The topological polar surface area (TPSA) is 0 Å². The molecule has 0 spiro atoms. The van der Waals surface area contributed by atoms with Gasteiger partial charge in [-0.3, -0.25) is 0 Å². The second kappa shape index (κ2) is 5.55. The fourth-order valence-electron chi connectivity index (χ4n) is 3.73. The minimum Gasteiger partial charge on any atom is -0.0995 e. The maximum Gasteiger partial charge on any atom is 0.00894 e. The van der Waals surface area contributed by atoms with E-state index in [-0.39, 0.29) is 0 Å². The standard InChI is InChI=1S/C23H20/c1-16(2)23-15-17-9-3-4-10-18(17)19-11-5-6-12-20(19)21-13-7-8-14-22(21)23/h3-14,23H,1,15H2,2H3. The number of hydrogen-bond acceptors (Lipinski definition) is 0. The van der Waals surface area contributed by atoms with Gasteiger partial charge >= 0.3 is 0 Å². The van der Waals surface area contributed by atoms with Gasteiger partial charge in [0.25, 0.3) is 0 Å². The Balaban J connectivity index is 2.10.